The zero-order valence-electron chi connectivity index (χ0n) is 16.2. The zero-order valence-corrected chi connectivity index (χ0v) is 16.2. The van der Waals surface area contributed by atoms with Crippen LogP contribution < -0.4 is 10.6 Å². The topological polar surface area (TPSA) is 83.3 Å². The molecule has 1 aliphatic heterocycles. The Bertz CT molecular complexity index is 987. The third-order valence-corrected chi connectivity index (χ3v) is 5.02. The number of anilines is 1. The van der Waals surface area contributed by atoms with Crippen molar-refractivity contribution in [2.45, 2.75) is 25.4 Å². The minimum Gasteiger partial charge on any atom is -0.337 e. The van der Waals surface area contributed by atoms with Gasteiger partial charge in [-0.15, -0.1) is 0 Å². The maximum absolute atomic E-state index is 13.1. The van der Waals surface area contributed by atoms with Crippen molar-refractivity contribution in [3.05, 3.63) is 65.8 Å². The molecule has 0 aliphatic carbocycles. The Kier molecular flexibility index (Phi) is 5.26. The van der Waals surface area contributed by atoms with E-state index in [1.807, 2.05) is 38.2 Å². The summed E-state index contributed by atoms with van der Waals surface area (Å²) in [5, 5.41) is 9.85. The maximum atomic E-state index is 13.1. The van der Waals surface area contributed by atoms with Gasteiger partial charge in [0.2, 0.25) is 11.7 Å². The number of carbonyl (C=O) groups is 1. The fourth-order valence-corrected chi connectivity index (χ4v) is 3.47. The summed E-state index contributed by atoms with van der Waals surface area (Å²) < 4.78 is 18.5. The first-order valence-electron chi connectivity index (χ1n) is 9.42. The fourth-order valence-electron chi connectivity index (χ4n) is 3.47. The van der Waals surface area contributed by atoms with Crippen LogP contribution in [0, 0.1) is 12.7 Å². The predicted octanol–water partition coefficient (Wildman–Crippen LogP) is 3.75. The number of likely N-dealkylation sites (N-methyl/N-ethyl adjacent to an activating group) is 1. The van der Waals surface area contributed by atoms with Crippen LogP contribution in [0.5, 0.6) is 0 Å². The summed E-state index contributed by atoms with van der Waals surface area (Å²) >= 11 is 0. The van der Waals surface area contributed by atoms with Gasteiger partial charge < -0.3 is 15.2 Å². The molecule has 4 rings (SSSR count). The average Bonchev–Trinajstić information content (AvgIpc) is 3.31. The molecule has 0 saturated carbocycles. The first-order valence-corrected chi connectivity index (χ1v) is 9.42. The van der Waals surface area contributed by atoms with Gasteiger partial charge in [-0.3, -0.25) is 4.90 Å². The lowest BCUT2D eigenvalue weighted by Gasteiger charge is -2.14. The van der Waals surface area contributed by atoms with Crippen molar-refractivity contribution in [2.75, 3.05) is 18.9 Å². The van der Waals surface area contributed by atoms with E-state index in [2.05, 4.69) is 25.7 Å². The smallest absolute Gasteiger partial charge is 0.319 e. The lowest BCUT2D eigenvalue weighted by Crippen LogP contribution is -2.39. The largest absolute Gasteiger partial charge is 0.337 e. The van der Waals surface area contributed by atoms with Gasteiger partial charge in [0.15, 0.2) is 0 Å². The number of aryl methyl sites for hydroxylation is 1. The Morgan fingerprint density at radius 3 is 2.62 bits per heavy atom. The van der Waals surface area contributed by atoms with Crippen LogP contribution in [-0.2, 0) is 0 Å². The van der Waals surface area contributed by atoms with E-state index in [4.69, 9.17) is 4.52 Å². The monoisotopic (exact) mass is 395 g/mol. The number of likely N-dealkylation sites (tertiary alicyclic amines) is 1. The molecule has 1 aromatic heterocycles. The molecule has 8 heteroatoms. The van der Waals surface area contributed by atoms with Gasteiger partial charge in [0.05, 0.1) is 6.04 Å². The van der Waals surface area contributed by atoms with Gasteiger partial charge in [0.1, 0.15) is 5.82 Å². The number of benzene rings is 2. The Morgan fingerprint density at radius 1 is 1.17 bits per heavy atom. The van der Waals surface area contributed by atoms with Gasteiger partial charge >= 0.3 is 6.03 Å². The van der Waals surface area contributed by atoms with Crippen molar-refractivity contribution in [2.24, 2.45) is 0 Å². The van der Waals surface area contributed by atoms with Crippen molar-refractivity contribution < 1.29 is 13.7 Å². The highest BCUT2D eigenvalue weighted by Crippen LogP contribution is 2.31. The predicted molar refractivity (Wildman–Crippen MR) is 107 cm³/mol. The van der Waals surface area contributed by atoms with E-state index in [0.717, 1.165) is 11.3 Å². The molecule has 0 spiro atoms. The van der Waals surface area contributed by atoms with Crippen LogP contribution in [0.2, 0.25) is 0 Å². The number of carbonyl (C=O) groups excluding carboxylic acids is 1. The van der Waals surface area contributed by atoms with Crippen LogP contribution in [0.15, 0.2) is 53.1 Å². The number of nitrogens with one attached hydrogen (secondary N) is 2. The van der Waals surface area contributed by atoms with E-state index in [1.165, 1.54) is 12.1 Å². The molecule has 2 heterocycles. The van der Waals surface area contributed by atoms with E-state index in [-0.39, 0.29) is 23.9 Å². The molecule has 2 N–H and O–H groups in total. The highest BCUT2D eigenvalue weighted by atomic mass is 19.1. The summed E-state index contributed by atoms with van der Waals surface area (Å²) in [6.45, 7) is 2.66. The van der Waals surface area contributed by atoms with Crippen molar-refractivity contribution >= 4 is 11.7 Å². The minimum atomic E-state index is -0.314. The second-order valence-corrected chi connectivity index (χ2v) is 7.32. The van der Waals surface area contributed by atoms with E-state index >= 15 is 0 Å². The number of aromatic nitrogens is 2. The summed E-state index contributed by atoms with van der Waals surface area (Å²) in [4.78, 5) is 18.8. The molecule has 1 aliphatic rings. The molecule has 7 nitrogen and oxygen atoms in total. The highest BCUT2D eigenvalue weighted by molar-refractivity contribution is 5.89. The summed E-state index contributed by atoms with van der Waals surface area (Å²) in [5.74, 6) is 0.586. The molecule has 2 atom stereocenters. The maximum Gasteiger partial charge on any atom is 0.319 e. The number of urea groups is 1. The summed E-state index contributed by atoms with van der Waals surface area (Å²) in [6.07, 6.45) is 0.656. The van der Waals surface area contributed by atoms with Crippen LogP contribution in [0.4, 0.5) is 14.9 Å². The number of amides is 2. The second-order valence-electron chi connectivity index (χ2n) is 7.32. The highest BCUT2D eigenvalue weighted by Gasteiger charge is 2.35. The van der Waals surface area contributed by atoms with E-state index in [9.17, 15) is 9.18 Å². The Hall–Kier alpha value is -3.26. The van der Waals surface area contributed by atoms with Crippen LogP contribution in [0.1, 0.15) is 23.9 Å². The average molecular weight is 395 g/mol. The lowest BCUT2D eigenvalue weighted by molar-refractivity contribution is 0.243. The molecule has 1 saturated heterocycles. The molecule has 2 aromatic carbocycles. The van der Waals surface area contributed by atoms with Gasteiger partial charge in [-0.25, -0.2) is 9.18 Å². The van der Waals surface area contributed by atoms with Gasteiger partial charge in [-0.05, 0) is 56.8 Å². The van der Waals surface area contributed by atoms with Crippen molar-refractivity contribution in [1.29, 1.82) is 0 Å². The Labute approximate surface area is 167 Å². The van der Waals surface area contributed by atoms with E-state index in [0.29, 0.717) is 30.2 Å². The molecular formula is C21H22FN5O2. The molecular weight excluding hydrogens is 373 g/mol. The van der Waals surface area contributed by atoms with Crippen LogP contribution in [0.25, 0.3) is 11.4 Å². The number of hydrogen-bond acceptors (Lipinski definition) is 5. The van der Waals surface area contributed by atoms with Gasteiger partial charge in [0.25, 0.3) is 0 Å². The Balaban J connectivity index is 1.38. The Morgan fingerprint density at radius 2 is 1.90 bits per heavy atom. The number of rotatable bonds is 4. The van der Waals surface area contributed by atoms with E-state index < -0.39 is 0 Å². The standard InChI is InChI=1S/C21H22FN5O2/c1-13-3-9-16(10-4-13)23-21(28)24-17-11-18(27(2)12-17)20-25-19(26-29-20)14-5-7-15(22)8-6-14/h3-10,17-18H,11-12H2,1-2H3,(H2,23,24,28)/t17-,18+/m1/s1. The normalized spacial score (nSPS) is 19.3. The van der Waals surface area contributed by atoms with Crippen molar-refractivity contribution in [1.82, 2.24) is 20.4 Å². The second kappa shape index (κ2) is 8.00. The molecule has 150 valence electrons. The van der Waals surface area contributed by atoms with Crippen LogP contribution in [0.3, 0.4) is 0 Å². The minimum absolute atomic E-state index is 0.0448. The molecule has 2 amide bonds. The van der Waals surface area contributed by atoms with Crippen molar-refractivity contribution in [3.8, 4) is 11.4 Å². The van der Waals surface area contributed by atoms with E-state index in [1.54, 1.807) is 12.1 Å². The van der Waals surface area contributed by atoms with Crippen molar-refractivity contribution in [3.63, 3.8) is 0 Å². The third-order valence-electron chi connectivity index (χ3n) is 5.02. The summed E-state index contributed by atoms with van der Waals surface area (Å²) in [6, 6.07) is 13.2. The van der Waals surface area contributed by atoms with Crippen LogP contribution in [-0.4, -0.2) is 40.7 Å². The first-order chi connectivity index (χ1) is 14.0. The number of halogens is 1. The number of hydrogen-bond donors (Lipinski definition) is 2. The molecule has 29 heavy (non-hydrogen) atoms. The summed E-state index contributed by atoms with van der Waals surface area (Å²) in [5.41, 5.74) is 2.57. The first kappa shape index (κ1) is 19.1. The molecule has 0 bridgehead atoms. The molecule has 0 radical (unpaired) electrons. The number of nitrogens with zero attached hydrogens (tertiary/aromatic N) is 3. The van der Waals surface area contributed by atoms with Gasteiger partial charge in [-0.1, -0.05) is 22.9 Å². The SMILES string of the molecule is Cc1ccc(NC(=O)N[C@@H]2C[C@@H](c3nc(-c4ccc(F)cc4)no3)N(C)C2)cc1. The third kappa shape index (κ3) is 4.43. The van der Waals surface area contributed by atoms with Crippen LogP contribution >= 0.6 is 0 Å². The fraction of sp³-hybridized carbons (Fsp3) is 0.286. The quantitative estimate of drug-likeness (QED) is 0.703. The lowest BCUT2D eigenvalue weighted by atomic mass is 10.1. The molecule has 3 aromatic rings. The molecule has 0 unspecified atom stereocenters. The molecule has 1 fully saturated rings. The summed E-state index contributed by atoms with van der Waals surface area (Å²) in [7, 11) is 1.95. The zero-order chi connectivity index (χ0) is 20.4. The van der Waals surface area contributed by atoms with Gasteiger partial charge in [0, 0.05) is 23.8 Å². The van der Waals surface area contributed by atoms with Gasteiger partial charge in [-0.2, -0.15) is 4.98 Å².